The van der Waals surface area contributed by atoms with Crippen molar-refractivity contribution >= 4 is 12.0 Å². The Morgan fingerprint density at radius 2 is 2.04 bits per heavy atom. The quantitative estimate of drug-likeness (QED) is 0.463. The van der Waals surface area contributed by atoms with Crippen molar-refractivity contribution in [3.8, 4) is 5.75 Å². The lowest BCUT2D eigenvalue weighted by molar-refractivity contribution is 0.0678. The Kier molecular flexibility index (Phi) is 6.46. The maximum absolute atomic E-state index is 11.9. The molecule has 3 nitrogen and oxygen atoms in total. The lowest BCUT2D eigenvalue weighted by Crippen LogP contribution is -2.32. The number of hydrogen-bond donors (Lipinski definition) is 1. The molecule has 0 fully saturated rings. The summed E-state index contributed by atoms with van der Waals surface area (Å²) in [4.78, 5) is 11.9. The highest BCUT2D eigenvalue weighted by molar-refractivity contribution is 5.94. The second kappa shape index (κ2) is 8.37. The van der Waals surface area contributed by atoms with Crippen LogP contribution in [0.5, 0.6) is 5.75 Å². The minimum atomic E-state index is -0.898. The zero-order valence-corrected chi connectivity index (χ0v) is 15.9. The van der Waals surface area contributed by atoms with Crippen LogP contribution in [0.2, 0.25) is 0 Å². The van der Waals surface area contributed by atoms with Crippen LogP contribution >= 0.6 is 0 Å². The first-order valence-electron chi connectivity index (χ1n) is 9.27. The summed E-state index contributed by atoms with van der Waals surface area (Å²) in [7, 11) is 0. The first-order valence-corrected chi connectivity index (χ1v) is 9.27. The van der Waals surface area contributed by atoms with Crippen LogP contribution in [0.1, 0.15) is 81.3 Å². The Morgan fingerprint density at radius 3 is 2.68 bits per heavy atom. The largest absolute Gasteiger partial charge is 0.482 e. The van der Waals surface area contributed by atoms with Gasteiger partial charge in [0.2, 0.25) is 0 Å². The SMILES string of the molecule is CCCCCc1ccc2c(c1C(=O)O)OC(C)(CCC=C(C)C)C=C2. The minimum Gasteiger partial charge on any atom is -0.482 e. The minimum absolute atomic E-state index is 0.339. The Bertz CT molecular complexity index is 681. The van der Waals surface area contributed by atoms with Gasteiger partial charge in [0.1, 0.15) is 16.9 Å². The van der Waals surface area contributed by atoms with Crippen LogP contribution in [0, 0.1) is 0 Å². The first kappa shape index (κ1) is 19.3. The predicted octanol–water partition coefficient (Wildman–Crippen LogP) is 6.03. The number of hydrogen-bond acceptors (Lipinski definition) is 2. The second-order valence-corrected chi connectivity index (χ2v) is 7.35. The van der Waals surface area contributed by atoms with Crippen molar-refractivity contribution in [1.29, 1.82) is 0 Å². The van der Waals surface area contributed by atoms with Crippen LogP contribution in [0.25, 0.3) is 6.08 Å². The van der Waals surface area contributed by atoms with Crippen LogP contribution < -0.4 is 4.74 Å². The van der Waals surface area contributed by atoms with Gasteiger partial charge < -0.3 is 9.84 Å². The van der Waals surface area contributed by atoms with E-state index in [0.717, 1.165) is 49.7 Å². The van der Waals surface area contributed by atoms with Crippen molar-refractivity contribution < 1.29 is 14.6 Å². The van der Waals surface area contributed by atoms with Crippen LogP contribution in [-0.4, -0.2) is 16.7 Å². The molecule has 1 aliphatic rings. The van der Waals surface area contributed by atoms with Crippen molar-refractivity contribution in [2.45, 2.75) is 71.8 Å². The van der Waals surface area contributed by atoms with E-state index in [1.807, 2.05) is 25.1 Å². The number of benzene rings is 1. The molecule has 1 atom stereocenters. The molecular weight excluding hydrogens is 312 g/mol. The number of rotatable bonds is 8. The van der Waals surface area contributed by atoms with Crippen molar-refractivity contribution in [3.63, 3.8) is 0 Å². The third-order valence-electron chi connectivity index (χ3n) is 4.68. The molecule has 1 heterocycles. The van der Waals surface area contributed by atoms with Crippen LogP contribution in [0.15, 0.2) is 29.9 Å². The average molecular weight is 342 g/mol. The van der Waals surface area contributed by atoms with Crippen LogP contribution in [0.4, 0.5) is 0 Å². The number of ether oxygens (including phenoxy) is 1. The smallest absolute Gasteiger partial charge is 0.339 e. The molecular formula is C22H30O3. The number of aryl methyl sites for hydroxylation is 1. The molecule has 1 unspecified atom stereocenters. The molecule has 0 saturated carbocycles. The van der Waals surface area contributed by atoms with E-state index in [0.29, 0.717) is 11.3 Å². The number of unbranched alkanes of at least 4 members (excludes halogenated alkanes) is 2. The lowest BCUT2D eigenvalue weighted by atomic mass is 9.91. The van der Waals surface area contributed by atoms with Gasteiger partial charge >= 0.3 is 5.97 Å². The summed E-state index contributed by atoms with van der Waals surface area (Å²) in [5.41, 5.74) is 2.89. The highest BCUT2D eigenvalue weighted by Gasteiger charge is 2.31. The molecule has 0 radical (unpaired) electrons. The van der Waals surface area contributed by atoms with Crippen molar-refractivity contribution in [3.05, 3.63) is 46.5 Å². The molecule has 3 heteroatoms. The van der Waals surface area contributed by atoms with Gasteiger partial charge in [0.25, 0.3) is 0 Å². The van der Waals surface area contributed by atoms with Crippen LogP contribution in [0.3, 0.4) is 0 Å². The number of carboxylic acids is 1. The van der Waals surface area contributed by atoms with E-state index >= 15 is 0 Å². The zero-order valence-electron chi connectivity index (χ0n) is 15.9. The molecule has 0 spiro atoms. The maximum atomic E-state index is 11.9. The topological polar surface area (TPSA) is 46.5 Å². The molecule has 0 saturated heterocycles. The summed E-state index contributed by atoms with van der Waals surface area (Å²) in [5.74, 6) is -0.367. The van der Waals surface area contributed by atoms with Gasteiger partial charge in [-0.1, -0.05) is 49.6 Å². The fraction of sp³-hybridized carbons (Fsp3) is 0.500. The monoisotopic (exact) mass is 342 g/mol. The van der Waals surface area contributed by atoms with E-state index in [1.54, 1.807) is 0 Å². The van der Waals surface area contributed by atoms with E-state index in [2.05, 4.69) is 32.9 Å². The van der Waals surface area contributed by atoms with Gasteiger partial charge in [-0.25, -0.2) is 4.79 Å². The van der Waals surface area contributed by atoms with E-state index < -0.39 is 11.6 Å². The Labute approximate surface area is 151 Å². The molecule has 1 N–H and O–H groups in total. The van der Waals surface area contributed by atoms with E-state index in [1.165, 1.54) is 5.57 Å². The highest BCUT2D eigenvalue weighted by Crippen LogP contribution is 2.38. The summed E-state index contributed by atoms with van der Waals surface area (Å²) in [6.45, 7) is 8.35. The summed E-state index contributed by atoms with van der Waals surface area (Å²) in [5, 5.41) is 9.78. The standard InChI is InChI=1S/C22H30O3/c1-5-6-7-10-17-11-12-18-13-15-22(4,14-8-9-16(2)3)25-20(18)19(17)21(23)24/h9,11-13,15H,5-8,10,14H2,1-4H3,(H,23,24). The van der Waals surface area contributed by atoms with Gasteiger partial charge in [-0.15, -0.1) is 0 Å². The van der Waals surface area contributed by atoms with Crippen molar-refractivity contribution in [2.24, 2.45) is 0 Å². The van der Waals surface area contributed by atoms with E-state index in [-0.39, 0.29) is 0 Å². The average Bonchev–Trinajstić information content (AvgIpc) is 2.53. The van der Waals surface area contributed by atoms with Crippen molar-refractivity contribution in [1.82, 2.24) is 0 Å². The fourth-order valence-electron chi connectivity index (χ4n) is 3.20. The fourth-order valence-corrected chi connectivity index (χ4v) is 3.20. The molecule has 0 bridgehead atoms. The number of carbonyl (C=O) groups is 1. The third-order valence-corrected chi connectivity index (χ3v) is 4.68. The summed E-state index contributed by atoms with van der Waals surface area (Å²) >= 11 is 0. The number of aromatic carboxylic acids is 1. The molecule has 0 amide bonds. The number of carboxylic acid groups (broad SMARTS) is 1. The molecule has 1 aromatic rings. The van der Waals surface area contributed by atoms with Gasteiger partial charge in [-0.05, 0) is 58.1 Å². The first-order chi connectivity index (χ1) is 11.9. The Balaban J connectivity index is 2.30. The van der Waals surface area contributed by atoms with E-state index in [9.17, 15) is 9.90 Å². The highest BCUT2D eigenvalue weighted by atomic mass is 16.5. The summed E-state index contributed by atoms with van der Waals surface area (Å²) in [6, 6.07) is 3.92. The molecule has 0 aromatic heterocycles. The molecule has 1 aliphatic heterocycles. The van der Waals surface area contributed by atoms with Gasteiger partial charge in [0, 0.05) is 5.56 Å². The normalized spacial score (nSPS) is 18.4. The van der Waals surface area contributed by atoms with Crippen molar-refractivity contribution in [2.75, 3.05) is 0 Å². The van der Waals surface area contributed by atoms with E-state index in [4.69, 9.17) is 4.74 Å². The number of fused-ring (bicyclic) bond motifs is 1. The molecule has 136 valence electrons. The van der Waals surface area contributed by atoms with Crippen LogP contribution in [-0.2, 0) is 6.42 Å². The Hall–Kier alpha value is -2.03. The molecule has 25 heavy (non-hydrogen) atoms. The molecule has 1 aromatic carbocycles. The van der Waals surface area contributed by atoms with Gasteiger partial charge in [0.05, 0.1) is 0 Å². The van der Waals surface area contributed by atoms with Gasteiger partial charge in [-0.2, -0.15) is 0 Å². The predicted molar refractivity (Wildman–Crippen MR) is 103 cm³/mol. The summed E-state index contributed by atoms with van der Waals surface area (Å²) in [6.07, 6.45) is 12.0. The van der Waals surface area contributed by atoms with Gasteiger partial charge in [0.15, 0.2) is 0 Å². The summed E-state index contributed by atoms with van der Waals surface area (Å²) < 4.78 is 6.24. The lowest BCUT2D eigenvalue weighted by Gasteiger charge is -2.33. The molecule has 0 aliphatic carbocycles. The third kappa shape index (κ3) is 4.97. The molecule has 2 rings (SSSR count). The van der Waals surface area contributed by atoms with Gasteiger partial charge in [-0.3, -0.25) is 0 Å². The second-order valence-electron chi connectivity index (χ2n) is 7.35. The Morgan fingerprint density at radius 1 is 1.28 bits per heavy atom. The number of allylic oxidation sites excluding steroid dienone is 2. The zero-order chi connectivity index (χ0) is 18.4. The maximum Gasteiger partial charge on any atom is 0.339 e.